The highest BCUT2D eigenvalue weighted by Gasteiger charge is 2.37. The molecule has 1 aliphatic rings. The van der Waals surface area contributed by atoms with Crippen molar-refractivity contribution in [1.29, 1.82) is 0 Å². The van der Waals surface area contributed by atoms with Gasteiger partial charge in [0.25, 0.3) is 11.8 Å². The molecule has 0 N–H and O–H groups in total. The zero-order valence-electron chi connectivity index (χ0n) is 9.83. The molecular weight excluding hydrogens is 228 g/mol. The molecule has 18 heavy (non-hydrogen) atoms. The summed E-state index contributed by atoms with van der Waals surface area (Å²) >= 11 is 0. The van der Waals surface area contributed by atoms with E-state index in [1.807, 2.05) is 13.2 Å². The second-order valence-corrected chi connectivity index (χ2v) is 4.22. The molecule has 0 atom stereocenters. The molecule has 0 unspecified atom stereocenters. The molecule has 0 fully saturated rings. The van der Waals surface area contributed by atoms with Gasteiger partial charge in [0.2, 0.25) is 0 Å². The third-order valence-corrected chi connectivity index (χ3v) is 2.98. The molecule has 0 saturated heterocycles. The minimum atomic E-state index is -0.262. The fourth-order valence-electron chi connectivity index (χ4n) is 2.13. The fourth-order valence-corrected chi connectivity index (χ4v) is 2.13. The summed E-state index contributed by atoms with van der Waals surface area (Å²) in [5, 5.41) is 0. The minimum absolute atomic E-state index is 0.262. The largest absolute Gasteiger partial charge is 0.268 e. The number of hydrogen-bond acceptors (Lipinski definition) is 2. The molecule has 2 heterocycles. The van der Waals surface area contributed by atoms with Gasteiger partial charge in [-0.2, -0.15) is 0 Å². The molecule has 0 radical (unpaired) electrons. The highest BCUT2D eigenvalue weighted by molar-refractivity contribution is 6.34. The van der Waals surface area contributed by atoms with E-state index in [-0.39, 0.29) is 11.8 Å². The lowest BCUT2D eigenvalue weighted by Crippen LogP contribution is -2.33. The van der Waals surface area contributed by atoms with Gasteiger partial charge in [0.1, 0.15) is 12.7 Å². The van der Waals surface area contributed by atoms with Gasteiger partial charge in [-0.25, -0.2) is 9.47 Å². The van der Waals surface area contributed by atoms with Crippen LogP contribution < -0.4 is 9.47 Å². The third-order valence-electron chi connectivity index (χ3n) is 2.98. The molecule has 0 bridgehead atoms. The molecular formula is C14H11N2O2+. The van der Waals surface area contributed by atoms with Crippen molar-refractivity contribution in [2.45, 2.75) is 0 Å². The Balaban J connectivity index is 2.12. The second kappa shape index (κ2) is 3.77. The van der Waals surface area contributed by atoms with Crippen LogP contribution in [0.25, 0.3) is 0 Å². The summed E-state index contributed by atoms with van der Waals surface area (Å²) in [5.74, 6) is -0.524. The van der Waals surface area contributed by atoms with Gasteiger partial charge in [0.15, 0.2) is 12.4 Å². The van der Waals surface area contributed by atoms with Gasteiger partial charge in [-0.3, -0.25) is 9.59 Å². The normalized spacial score (nSPS) is 13.9. The Bertz CT molecular complexity index is 629. The standard InChI is InChI=1S/C14H11N2O2/c1-15-8-4-5-10(9-15)16-13(17)11-6-2-3-7-12(11)14(16)18/h2-9H,1H3/q+1. The molecule has 1 aromatic carbocycles. The van der Waals surface area contributed by atoms with Gasteiger partial charge in [-0.05, 0) is 18.2 Å². The molecule has 0 spiro atoms. The van der Waals surface area contributed by atoms with Crippen LogP contribution in [0.2, 0.25) is 0 Å². The predicted molar refractivity (Wildman–Crippen MR) is 65.2 cm³/mol. The molecule has 1 aromatic heterocycles. The van der Waals surface area contributed by atoms with E-state index in [9.17, 15) is 9.59 Å². The SMILES string of the molecule is C[n+]1cccc(N2C(=O)c3ccccc3C2=O)c1. The van der Waals surface area contributed by atoms with Crippen LogP contribution in [0.5, 0.6) is 0 Å². The number of hydrogen-bond donors (Lipinski definition) is 0. The molecule has 4 heteroatoms. The van der Waals surface area contributed by atoms with Crippen molar-refractivity contribution in [3.8, 4) is 0 Å². The maximum Gasteiger partial charge on any atom is 0.266 e. The summed E-state index contributed by atoms with van der Waals surface area (Å²) in [5.41, 5.74) is 1.52. The lowest BCUT2D eigenvalue weighted by Gasteiger charge is -2.11. The van der Waals surface area contributed by atoms with E-state index in [1.165, 1.54) is 4.90 Å². The van der Waals surface area contributed by atoms with Gasteiger partial charge in [-0.15, -0.1) is 0 Å². The Morgan fingerprint density at radius 3 is 2.11 bits per heavy atom. The van der Waals surface area contributed by atoms with Crippen LogP contribution in [0, 0.1) is 0 Å². The van der Waals surface area contributed by atoms with E-state index < -0.39 is 0 Å². The Morgan fingerprint density at radius 2 is 1.56 bits per heavy atom. The van der Waals surface area contributed by atoms with Crippen LogP contribution >= 0.6 is 0 Å². The predicted octanol–water partition coefficient (Wildman–Crippen LogP) is 1.31. The number of carbonyl (C=O) groups is 2. The molecule has 0 aliphatic carbocycles. The van der Waals surface area contributed by atoms with Crippen molar-refractivity contribution in [2.24, 2.45) is 7.05 Å². The minimum Gasteiger partial charge on any atom is -0.268 e. The van der Waals surface area contributed by atoms with E-state index in [0.29, 0.717) is 16.8 Å². The molecule has 88 valence electrons. The number of fused-ring (bicyclic) bond motifs is 1. The zero-order chi connectivity index (χ0) is 12.7. The Kier molecular flexibility index (Phi) is 2.23. The molecule has 2 amide bonds. The fraction of sp³-hybridized carbons (Fsp3) is 0.0714. The van der Waals surface area contributed by atoms with Gasteiger partial charge in [-0.1, -0.05) is 12.1 Å². The summed E-state index contributed by atoms with van der Waals surface area (Å²) in [6, 6.07) is 10.4. The van der Waals surface area contributed by atoms with E-state index in [4.69, 9.17) is 0 Å². The molecule has 3 rings (SSSR count). The number of rotatable bonds is 1. The topological polar surface area (TPSA) is 41.3 Å². The first-order chi connectivity index (χ1) is 8.68. The van der Waals surface area contributed by atoms with E-state index in [0.717, 1.165) is 0 Å². The van der Waals surface area contributed by atoms with Crippen molar-refractivity contribution < 1.29 is 14.2 Å². The van der Waals surface area contributed by atoms with Crippen LogP contribution in [0.4, 0.5) is 5.69 Å². The number of imide groups is 1. The highest BCUT2D eigenvalue weighted by Crippen LogP contribution is 2.26. The first-order valence-corrected chi connectivity index (χ1v) is 5.61. The number of nitrogens with zero attached hydrogens (tertiary/aromatic N) is 2. The summed E-state index contributed by atoms with van der Waals surface area (Å²) in [6.07, 6.45) is 3.60. The smallest absolute Gasteiger partial charge is 0.266 e. The van der Waals surface area contributed by atoms with Gasteiger partial charge in [0, 0.05) is 6.07 Å². The number of aryl methyl sites for hydroxylation is 1. The van der Waals surface area contributed by atoms with Crippen molar-refractivity contribution in [1.82, 2.24) is 0 Å². The average molecular weight is 239 g/mol. The van der Waals surface area contributed by atoms with Crippen LogP contribution in [0.15, 0.2) is 48.8 Å². The summed E-state index contributed by atoms with van der Waals surface area (Å²) < 4.78 is 1.80. The van der Waals surface area contributed by atoms with Crippen molar-refractivity contribution in [3.63, 3.8) is 0 Å². The quantitative estimate of drug-likeness (QED) is 0.556. The first kappa shape index (κ1) is 10.7. The van der Waals surface area contributed by atoms with Gasteiger partial charge >= 0.3 is 0 Å². The molecule has 0 saturated carbocycles. The lowest BCUT2D eigenvalue weighted by molar-refractivity contribution is -0.670. The van der Waals surface area contributed by atoms with Crippen molar-refractivity contribution in [3.05, 3.63) is 59.9 Å². The number of carbonyl (C=O) groups excluding carboxylic acids is 2. The van der Waals surface area contributed by atoms with Crippen LogP contribution in [0.3, 0.4) is 0 Å². The summed E-state index contributed by atoms with van der Waals surface area (Å²) in [7, 11) is 1.85. The first-order valence-electron chi connectivity index (χ1n) is 5.61. The third kappa shape index (κ3) is 1.43. The summed E-state index contributed by atoms with van der Waals surface area (Å²) in [6.45, 7) is 0. The monoisotopic (exact) mass is 239 g/mol. The van der Waals surface area contributed by atoms with Crippen molar-refractivity contribution in [2.75, 3.05) is 4.90 Å². The Hall–Kier alpha value is -2.49. The maximum absolute atomic E-state index is 12.2. The zero-order valence-corrected chi connectivity index (χ0v) is 9.83. The number of aromatic nitrogens is 1. The van der Waals surface area contributed by atoms with Crippen LogP contribution in [0.1, 0.15) is 20.7 Å². The lowest BCUT2D eigenvalue weighted by atomic mass is 10.1. The van der Waals surface area contributed by atoms with E-state index in [2.05, 4.69) is 0 Å². The Morgan fingerprint density at radius 1 is 0.944 bits per heavy atom. The molecule has 4 nitrogen and oxygen atoms in total. The second-order valence-electron chi connectivity index (χ2n) is 4.22. The van der Waals surface area contributed by atoms with E-state index >= 15 is 0 Å². The van der Waals surface area contributed by atoms with Gasteiger partial charge < -0.3 is 0 Å². The molecule has 1 aliphatic heterocycles. The van der Waals surface area contributed by atoms with Crippen LogP contribution in [-0.2, 0) is 7.05 Å². The summed E-state index contributed by atoms with van der Waals surface area (Å²) in [4.78, 5) is 25.6. The highest BCUT2D eigenvalue weighted by atomic mass is 16.2. The van der Waals surface area contributed by atoms with Crippen molar-refractivity contribution >= 4 is 17.5 Å². The molecule has 2 aromatic rings. The van der Waals surface area contributed by atoms with Gasteiger partial charge in [0.05, 0.1) is 11.1 Å². The maximum atomic E-state index is 12.2. The van der Waals surface area contributed by atoms with Crippen LogP contribution in [-0.4, -0.2) is 11.8 Å². The Labute approximate surface area is 104 Å². The number of benzene rings is 1. The average Bonchev–Trinajstić information content (AvgIpc) is 2.63. The number of pyridine rings is 1. The van der Waals surface area contributed by atoms with E-state index in [1.54, 1.807) is 47.2 Å². The number of amides is 2. The number of anilines is 1.